The molecule has 0 radical (unpaired) electrons. The molecule has 3 aromatic carbocycles. The number of aromatic nitrogens is 3. The van der Waals surface area contributed by atoms with Gasteiger partial charge in [0.15, 0.2) is 5.13 Å². The Morgan fingerprint density at radius 2 is 1.86 bits per heavy atom. The number of thiazole rings is 1. The molecule has 44 heavy (non-hydrogen) atoms. The highest BCUT2D eigenvalue weighted by atomic mass is 35.5. The molecule has 2 aromatic heterocycles. The maximum absolute atomic E-state index is 14.3. The van der Waals surface area contributed by atoms with E-state index in [1.807, 2.05) is 31.1 Å². The van der Waals surface area contributed by atoms with Crippen LogP contribution in [-0.2, 0) is 0 Å². The van der Waals surface area contributed by atoms with Crippen LogP contribution in [0.15, 0.2) is 72.9 Å². The predicted octanol–water partition coefficient (Wildman–Crippen LogP) is 6.74. The van der Waals surface area contributed by atoms with Crippen LogP contribution in [0.25, 0.3) is 21.8 Å². The summed E-state index contributed by atoms with van der Waals surface area (Å²) in [5.74, 6) is -1.31. The van der Waals surface area contributed by atoms with Gasteiger partial charge in [-0.1, -0.05) is 35.1 Å². The largest absolute Gasteiger partial charge is 0.491 e. The molecule has 2 heterocycles. The van der Waals surface area contributed by atoms with Gasteiger partial charge in [0.05, 0.1) is 26.9 Å². The molecular weight excluding hydrogens is 608 g/mol. The highest BCUT2D eigenvalue weighted by Gasteiger charge is 2.21. The monoisotopic (exact) mass is 635 g/mol. The van der Waals surface area contributed by atoms with Gasteiger partial charge in [-0.15, -0.1) is 0 Å². The summed E-state index contributed by atoms with van der Waals surface area (Å²) in [6.45, 7) is 1.26. The molecule has 5 aromatic rings. The number of nitrogen functional groups attached to an aromatic ring is 1. The zero-order valence-electron chi connectivity index (χ0n) is 24.0. The third-order valence-electron chi connectivity index (χ3n) is 6.49. The quantitative estimate of drug-likeness (QED) is 0.174. The molecule has 0 aliphatic heterocycles. The van der Waals surface area contributed by atoms with E-state index in [0.29, 0.717) is 61.7 Å². The van der Waals surface area contributed by atoms with Gasteiger partial charge < -0.3 is 25.6 Å². The first-order valence-electron chi connectivity index (χ1n) is 13.4. The Kier molecular flexibility index (Phi) is 9.33. The summed E-state index contributed by atoms with van der Waals surface area (Å²) in [6, 6.07) is 16.8. The minimum Gasteiger partial charge on any atom is -0.491 e. The van der Waals surface area contributed by atoms with Gasteiger partial charge in [0.1, 0.15) is 24.0 Å². The van der Waals surface area contributed by atoms with Crippen molar-refractivity contribution in [2.45, 2.75) is 0 Å². The second-order valence-electron chi connectivity index (χ2n) is 9.96. The Morgan fingerprint density at radius 3 is 2.64 bits per heavy atom. The predicted molar refractivity (Wildman–Crippen MR) is 171 cm³/mol. The van der Waals surface area contributed by atoms with Crippen molar-refractivity contribution in [2.75, 3.05) is 50.2 Å². The van der Waals surface area contributed by atoms with Gasteiger partial charge in [-0.25, -0.2) is 23.7 Å². The fourth-order valence-electron chi connectivity index (χ4n) is 4.24. The molecule has 1 amide bonds. The molecule has 3 N–H and O–H groups in total. The summed E-state index contributed by atoms with van der Waals surface area (Å²) in [6.07, 6.45) is 1.61. The number of carbonyl (C=O) groups excluding carboxylic acids is 1. The van der Waals surface area contributed by atoms with E-state index in [2.05, 4.69) is 20.3 Å². The van der Waals surface area contributed by atoms with Crippen molar-refractivity contribution in [3.05, 3.63) is 95.1 Å². The van der Waals surface area contributed by atoms with Gasteiger partial charge in [-0.2, -0.15) is 0 Å². The Bertz CT molecular complexity index is 1820. The minimum absolute atomic E-state index is 0.316. The summed E-state index contributed by atoms with van der Waals surface area (Å²) < 4.78 is 33.8. The first-order chi connectivity index (χ1) is 21.1. The number of nitrogens with one attached hydrogen (secondary N) is 1. The number of halogens is 3. The zero-order chi connectivity index (χ0) is 31.4. The van der Waals surface area contributed by atoms with E-state index >= 15 is 0 Å². The number of anilines is 4. The van der Waals surface area contributed by atoms with Crippen LogP contribution < -0.4 is 20.7 Å². The summed E-state index contributed by atoms with van der Waals surface area (Å²) >= 11 is 7.68. The molecule has 0 spiro atoms. The summed E-state index contributed by atoms with van der Waals surface area (Å²) in [5, 5.41) is 3.93. The van der Waals surface area contributed by atoms with Crippen LogP contribution in [0.3, 0.4) is 0 Å². The highest BCUT2D eigenvalue weighted by molar-refractivity contribution is 7.19. The maximum Gasteiger partial charge on any atom is 0.261 e. The van der Waals surface area contributed by atoms with E-state index in [4.69, 9.17) is 22.1 Å². The molecule has 13 heteroatoms. The summed E-state index contributed by atoms with van der Waals surface area (Å²) in [4.78, 5) is 30.5. The fraction of sp³-hybridized carbons (Fsp3) is 0.161. The van der Waals surface area contributed by atoms with Crippen molar-refractivity contribution in [3.8, 4) is 27.6 Å². The van der Waals surface area contributed by atoms with E-state index in [0.717, 1.165) is 24.7 Å². The van der Waals surface area contributed by atoms with E-state index in [-0.39, 0.29) is 5.56 Å². The topological polar surface area (TPSA) is 109 Å². The van der Waals surface area contributed by atoms with Gasteiger partial charge in [0.2, 0.25) is 5.95 Å². The van der Waals surface area contributed by atoms with Crippen LogP contribution in [0, 0.1) is 11.6 Å². The van der Waals surface area contributed by atoms with Gasteiger partial charge >= 0.3 is 0 Å². The molecule has 0 saturated carbocycles. The number of benzene rings is 3. The third-order valence-corrected chi connectivity index (χ3v) is 7.69. The normalized spacial score (nSPS) is 11.1. The fourth-order valence-corrected chi connectivity index (χ4v) is 5.29. The van der Waals surface area contributed by atoms with Crippen molar-refractivity contribution < 1.29 is 18.3 Å². The number of likely N-dealkylation sites (N-methyl/N-ethyl adjacent to an activating group) is 1. The van der Waals surface area contributed by atoms with Crippen molar-refractivity contribution in [3.63, 3.8) is 0 Å². The van der Waals surface area contributed by atoms with Crippen molar-refractivity contribution in [1.82, 2.24) is 19.9 Å². The van der Waals surface area contributed by atoms with Gasteiger partial charge in [0.25, 0.3) is 5.91 Å². The molecule has 5 rings (SSSR count). The van der Waals surface area contributed by atoms with Crippen LogP contribution in [0.5, 0.6) is 5.75 Å². The van der Waals surface area contributed by atoms with Crippen LogP contribution in [-0.4, -0.2) is 60.1 Å². The van der Waals surface area contributed by atoms with Crippen molar-refractivity contribution in [1.29, 1.82) is 0 Å². The number of nitrogens with zero attached hydrogens (tertiary/aromatic N) is 5. The van der Waals surface area contributed by atoms with Gasteiger partial charge in [-0.3, -0.25) is 4.79 Å². The Morgan fingerprint density at radius 1 is 1.05 bits per heavy atom. The van der Waals surface area contributed by atoms with E-state index in [9.17, 15) is 13.6 Å². The minimum atomic E-state index is -0.811. The lowest BCUT2D eigenvalue weighted by Gasteiger charge is -2.18. The molecule has 226 valence electrons. The number of hydrogen-bond donors (Lipinski definition) is 2. The van der Waals surface area contributed by atoms with Crippen molar-refractivity contribution >= 4 is 51.3 Å². The van der Waals surface area contributed by atoms with Crippen LogP contribution in [0.4, 0.5) is 31.2 Å². The molecular formula is C31H28ClF2N7O2S. The SMILES string of the molecule is CN(C)CCOc1ccc(Nc2nccc(-c3sc(N)nc3-c3cccc(N(C)C(=O)c4cc(F)ccc4F)c3)n2)cc1Cl. The smallest absolute Gasteiger partial charge is 0.261 e. The number of nitrogens with two attached hydrogens (primary N) is 1. The van der Waals surface area contributed by atoms with Crippen LogP contribution >= 0.6 is 22.9 Å². The van der Waals surface area contributed by atoms with Crippen molar-refractivity contribution in [2.24, 2.45) is 0 Å². The molecule has 0 saturated heterocycles. The number of rotatable bonds is 10. The maximum atomic E-state index is 14.3. The number of carbonyl (C=O) groups is 1. The van der Waals surface area contributed by atoms with E-state index in [1.54, 1.807) is 42.6 Å². The summed E-state index contributed by atoms with van der Waals surface area (Å²) in [5.41, 5.74) is 8.64. The number of amides is 1. The standard InChI is InChI=1S/C31H28ClF2N7O2S/c1-40(2)13-14-43-26-10-8-20(17-23(26)32)37-31-36-12-11-25(38-31)28-27(39-30(35)44-28)18-5-4-6-21(15-18)41(3)29(42)22-16-19(33)7-9-24(22)34/h4-12,15-17H,13-14H2,1-3H3,(H2,35,39)(H,36,37,38). The molecule has 0 bridgehead atoms. The van der Waals surface area contributed by atoms with E-state index in [1.165, 1.54) is 23.3 Å². The average Bonchev–Trinajstić information content (AvgIpc) is 3.40. The second-order valence-corrected chi connectivity index (χ2v) is 11.4. The molecule has 0 aliphatic rings. The lowest BCUT2D eigenvalue weighted by atomic mass is 10.1. The highest BCUT2D eigenvalue weighted by Crippen LogP contribution is 2.38. The van der Waals surface area contributed by atoms with Crippen LogP contribution in [0.1, 0.15) is 10.4 Å². The Hall–Kier alpha value is -4.65. The zero-order valence-corrected chi connectivity index (χ0v) is 25.6. The second kappa shape index (κ2) is 13.3. The number of ether oxygens (including phenoxy) is 1. The molecule has 9 nitrogen and oxygen atoms in total. The molecule has 0 unspecified atom stereocenters. The summed E-state index contributed by atoms with van der Waals surface area (Å²) in [7, 11) is 5.42. The molecule has 0 fully saturated rings. The van der Waals surface area contributed by atoms with Crippen LogP contribution in [0.2, 0.25) is 5.02 Å². The van der Waals surface area contributed by atoms with Gasteiger partial charge in [-0.05, 0) is 68.7 Å². The first-order valence-corrected chi connectivity index (χ1v) is 14.6. The Labute approximate surface area is 261 Å². The van der Waals surface area contributed by atoms with Gasteiger partial charge in [0, 0.05) is 36.7 Å². The number of hydrogen-bond acceptors (Lipinski definition) is 9. The first kappa shape index (κ1) is 30.8. The lowest BCUT2D eigenvalue weighted by molar-refractivity contribution is 0.0988. The average molecular weight is 636 g/mol. The molecule has 0 atom stereocenters. The molecule has 0 aliphatic carbocycles. The lowest BCUT2D eigenvalue weighted by Crippen LogP contribution is -2.27. The third kappa shape index (κ3) is 7.10. The van der Waals surface area contributed by atoms with E-state index < -0.39 is 17.5 Å². The Balaban J connectivity index is 1.38.